The van der Waals surface area contributed by atoms with Gasteiger partial charge < -0.3 is 20.4 Å². The van der Waals surface area contributed by atoms with Gasteiger partial charge in [-0.3, -0.25) is 9.89 Å². The Labute approximate surface area is 212 Å². The summed E-state index contributed by atoms with van der Waals surface area (Å²) in [4.78, 5) is 16.5. The van der Waals surface area contributed by atoms with Crippen molar-refractivity contribution in [2.75, 3.05) is 64.8 Å². The number of rotatable bonds is 7. The van der Waals surface area contributed by atoms with Crippen molar-refractivity contribution in [2.24, 2.45) is 10.9 Å². The van der Waals surface area contributed by atoms with Gasteiger partial charge in [-0.2, -0.15) is 0 Å². The number of nitrogens with zero attached hydrogens (tertiary/aromatic N) is 5. The minimum Gasteiger partial charge on any atom is -0.355 e. The zero-order chi connectivity index (χ0) is 22.1. The number of likely N-dealkylation sites (N-methyl/N-ethyl adjacent to an activating group) is 1. The smallest absolute Gasteiger partial charge is 0.191 e. The average molecular weight is 558 g/mol. The van der Waals surface area contributed by atoms with E-state index >= 15 is 0 Å². The zero-order valence-corrected chi connectivity index (χ0v) is 22.8. The predicted molar refractivity (Wildman–Crippen MR) is 146 cm³/mol. The normalized spacial score (nSPS) is 19.9. The first-order chi connectivity index (χ1) is 15.1. The number of nitrogens with one attached hydrogen (secondary N) is 2. The SMILES string of the molecule is CN=C(NCc1ccnc(N2CCN(C)CC2)c1)NCC(C(C)C)N1CCCCCC1.I. The standard InChI is InChI=1S/C24H43N7.HI/c1-20(2)22(30-11-7-5-6-8-12-30)19-28-24(25-3)27-18-21-9-10-26-23(17-21)31-15-13-29(4)14-16-31;/h9-10,17,20,22H,5-8,11-16,18-19H2,1-4H3,(H2,25,27,28);1H. The Morgan fingerprint density at radius 1 is 1.03 bits per heavy atom. The molecule has 1 atom stereocenters. The maximum atomic E-state index is 4.60. The van der Waals surface area contributed by atoms with Gasteiger partial charge in [0.25, 0.3) is 0 Å². The van der Waals surface area contributed by atoms with Crippen LogP contribution in [0.15, 0.2) is 23.3 Å². The van der Waals surface area contributed by atoms with E-state index < -0.39 is 0 Å². The molecule has 0 spiro atoms. The predicted octanol–water partition coefficient (Wildman–Crippen LogP) is 3.02. The van der Waals surface area contributed by atoms with Crippen molar-refractivity contribution in [1.82, 2.24) is 25.4 Å². The summed E-state index contributed by atoms with van der Waals surface area (Å²) < 4.78 is 0. The van der Waals surface area contributed by atoms with Crippen LogP contribution in [0.4, 0.5) is 5.82 Å². The van der Waals surface area contributed by atoms with Crippen LogP contribution in [0.2, 0.25) is 0 Å². The first-order valence-corrected chi connectivity index (χ1v) is 12.1. The van der Waals surface area contributed by atoms with Crippen molar-refractivity contribution in [2.45, 2.75) is 52.1 Å². The van der Waals surface area contributed by atoms with Gasteiger partial charge in [-0.1, -0.05) is 26.7 Å². The van der Waals surface area contributed by atoms with Crippen LogP contribution >= 0.6 is 24.0 Å². The van der Waals surface area contributed by atoms with Crippen molar-refractivity contribution < 1.29 is 0 Å². The summed E-state index contributed by atoms with van der Waals surface area (Å²) in [5.74, 6) is 2.57. The molecule has 2 fully saturated rings. The molecule has 2 N–H and O–H groups in total. The molecule has 2 saturated heterocycles. The maximum absolute atomic E-state index is 4.60. The summed E-state index contributed by atoms with van der Waals surface area (Å²) in [7, 11) is 4.04. The van der Waals surface area contributed by atoms with Crippen LogP contribution in [0.25, 0.3) is 0 Å². The largest absolute Gasteiger partial charge is 0.355 e. The molecule has 2 aliphatic heterocycles. The fourth-order valence-electron chi connectivity index (χ4n) is 4.60. The highest BCUT2D eigenvalue weighted by Gasteiger charge is 2.23. The van der Waals surface area contributed by atoms with Gasteiger partial charge in [-0.05, 0) is 56.6 Å². The number of likely N-dealkylation sites (tertiary alicyclic amines) is 1. The molecule has 0 aliphatic carbocycles. The molecule has 0 saturated carbocycles. The van der Waals surface area contributed by atoms with Crippen LogP contribution in [0.5, 0.6) is 0 Å². The number of anilines is 1. The highest BCUT2D eigenvalue weighted by Crippen LogP contribution is 2.17. The number of hydrogen-bond acceptors (Lipinski definition) is 5. The summed E-state index contributed by atoms with van der Waals surface area (Å²) >= 11 is 0. The first-order valence-electron chi connectivity index (χ1n) is 12.1. The van der Waals surface area contributed by atoms with Crippen molar-refractivity contribution in [3.63, 3.8) is 0 Å². The molecule has 182 valence electrons. The van der Waals surface area contributed by atoms with Gasteiger partial charge in [0.15, 0.2) is 5.96 Å². The van der Waals surface area contributed by atoms with E-state index in [4.69, 9.17) is 0 Å². The third-order valence-corrected chi connectivity index (χ3v) is 6.68. The number of aromatic nitrogens is 1. The van der Waals surface area contributed by atoms with E-state index in [9.17, 15) is 0 Å². The third kappa shape index (κ3) is 8.33. The number of hydrogen-bond donors (Lipinski definition) is 2. The van der Waals surface area contributed by atoms with Crippen LogP contribution in [-0.4, -0.2) is 86.7 Å². The fourth-order valence-corrected chi connectivity index (χ4v) is 4.60. The van der Waals surface area contributed by atoms with Gasteiger partial charge in [0, 0.05) is 58.6 Å². The molecule has 3 rings (SSSR count). The lowest BCUT2D eigenvalue weighted by atomic mass is 10.0. The van der Waals surface area contributed by atoms with E-state index in [0.717, 1.165) is 51.0 Å². The summed E-state index contributed by atoms with van der Waals surface area (Å²) in [6, 6.07) is 4.84. The van der Waals surface area contributed by atoms with Crippen LogP contribution in [-0.2, 0) is 6.54 Å². The lowest BCUT2D eigenvalue weighted by Crippen LogP contribution is -2.49. The Bertz CT molecular complexity index is 681. The average Bonchev–Trinajstić information content (AvgIpc) is 3.06. The molecule has 1 unspecified atom stereocenters. The summed E-state index contributed by atoms with van der Waals surface area (Å²) in [6.07, 6.45) is 7.33. The Balaban J connectivity index is 0.00000363. The second-order valence-corrected chi connectivity index (χ2v) is 9.38. The summed E-state index contributed by atoms with van der Waals surface area (Å²) in [5, 5.41) is 7.09. The number of aliphatic imine (C=N–C) groups is 1. The molecule has 0 aromatic carbocycles. The van der Waals surface area contributed by atoms with Crippen molar-refractivity contribution >= 4 is 35.8 Å². The molecule has 7 nitrogen and oxygen atoms in total. The highest BCUT2D eigenvalue weighted by molar-refractivity contribution is 14.0. The topological polar surface area (TPSA) is 59.0 Å². The molecule has 2 aliphatic rings. The van der Waals surface area contributed by atoms with Crippen LogP contribution in [0.1, 0.15) is 45.1 Å². The van der Waals surface area contributed by atoms with E-state index in [1.807, 2.05) is 13.2 Å². The minimum atomic E-state index is 0. The molecule has 3 heterocycles. The highest BCUT2D eigenvalue weighted by atomic mass is 127. The van der Waals surface area contributed by atoms with E-state index in [1.165, 1.54) is 44.3 Å². The zero-order valence-electron chi connectivity index (χ0n) is 20.5. The Morgan fingerprint density at radius 2 is 1.72 bits per heavy atom. The molecule has 0 amide bonds. The second-order valence-electron chi connectivity index (χ2n) is 9.38. The molecule has 0 bridgehead atoms. The Kier molecular flexibility index (Phi) is 12.0. The third-order valence-electron chi connectivity index (χ3n) is 6.68. The van der Waals surface area contributed by atoms with E-state index in [0.29, 0.717) is 12.0 Å². The van der Waals surface area contributed by atoms with Crippen molar-refractivity contribution in [3.8, 4) is 0 Å². The Hall–Kier alpha value is -1.13. The van der Waals surface area contributed by atoms with Crippen molar-refractivity contribution in [1.29, 1.82) is 0 Å². The second kappa shape index (κ2) is 14.2. The fraction of sp³-hybridized carbons (Fsp3) is 0.750. The molecular weight excluding hydrogens is 513 g/mol. The Morgan fingerprint density at radius 3 is 2.34 bits per heavy atom. The van der Waals surface area contributed by atoms with Crippen LogP contribution < -0.4 is 15.5 Å². The number of piperazine rings is 1. The summed E-state index contributed by atoms with van der Waals surface area (Å²) in [5.41, 5.74) is 1.24. The first kappa shape index (κ1) is 27.1. The van der Waals surface area contributed by atoms with E-state index in [-0.39, 0.29) is 24.0 Å². The van der Waals surface area contributed by atoms with Crippen LogP contribution in [0.3, 0.4) is 0 Å². The monoisotopic (exact) mass is 557 g/mol. The molecule has 32 heavy (non-hydrogen) atoms. The van der Waals surface area contributed by atoms with Crippen molar-refractivity contribution in [3.05, 3.63) is 23.9 Å². The maximum Gasteiger partial charge on any atom is 0.191 e. The van der Waals surface area contributed by atoms with Gasteiger partial charge in [0.2, 0.25) is 0 Å². The molecule has 1 aromatic heterocycles. The number of pyridine rings is 1. The summed E-state index contributed by atoms with van der Waals surface area (Å²) in [6.45, 7) is 13.1. The molecule has 0 radical (unpaired) electrons. The molecular formula is C24H44IN7. The number of halogens is 1. The van der Waals surface area contributed by atoms with Crippen LogP contribution in [0, 0.1) is 5.92 Å². The van der Waals surface area contributed by atoms with Gasteiger partial charge >= 0.3 is 0 Å². The van der Waals surface area contributed by atoms with Gasteiger partial charge in [-0.15, -0.1) is 24.0 Å². The molecule has 8 heteroatoms. The van der Waals surface area contributed by atoms with Gasteiger partial charge in [0.1, 0.15) is 5.82 Å². The minimum absolute atomic E-state index is 0. The lowest BCUT2D eigenvalue weighted by molar-refractivity contribution is 0.161. The molecule has 1 aromatic rings. The number of guanidine groups is 1. The quantitative estimate of drug-likeness (QED) is 0.306. The van der Waals surface area contributed by atoms with E-state index in [2.05, 4.69) is 68.3 Å². The van der Waals surface area contributed by atoms with E-state index in [1.54, 1.807) is 0 Å². The lowest BCUT2D eigenvalue weighted by Gasteiger charge is -2.34. The van der Waals surface area contributed by atoms with Gasteiger partial charge in [-0.25, -0.2) is 4.98 Å². The van der Waals surface area contributed by atoms with Gasteiger partial charge in [0.05, 0.1) is 0 Å².